The molecule has 0 aliphatic carbocycles. The molecule has 2 aromatic heterocycles. The van der Waals surface area contributed by atoms with Gasteiger partial charge in [-0.25, -0.2) is 4.98 Å². The van der Waals surface area contributed by atoms with Crippen LogP contribution in [0.25, 0.3) is 22.7 Å². The third kappa shape index (κ3) is 2.99. The summed E-state index contributed by atoms with van der Waals surface area (Å²) in [6, 6.07) is 18.5. The Morgan fingerprint density at radius 2 is 1.92 bits per heavy atom. The molecule has 2 heterocycles. The van der Waals surface area contributed by atoms with Crippen molar-refractivity contribution >= 4 is 22.8 Å². The highest BCUT2D eigenvalue weighted by molar-refractivity contribution is 6.05. The van der Waals surface area contributed by atoms with Crippen molar-refractivity contribution in [1.29, 1.82) is 0 Å². The Bertz CT molecular complexity index is 1040. The number of aryl methyl sites for hydroxylation is 1. The Kier molecular flexibility index (Phi) is 3.74. The van der Waals surface area contributed by atoms with Crippen molar-refractivity contribution in [2.45, 2.75) is 6.92 Å². The number of aromatic nitrogens is 2. The fraction of sp³-hybridized carbons (Fsp3) is 0.0500. The Balaban J connectivity index is 1.63. The zero-order chi connectivity index (χ0) is 17.2. The van der Waals surface area contributed by atoms with Crippen molar-refractivity contribution in [2.24, 2.45) is 0 Å². The van der Waals surface area contributed by atoms with Crippen LogP contribution in [0.5, 0.6) is 0 Å². The van der Waals surface area contributed by atoms with Gasteiger partial charge in [0.1, 0.15) is 0 Å². The standard InChI is InChI=1S/C20H15N3O2/c1-13-6-2-3-9-16(13)19(24)22-15-8-4-7-14(12-15)20-23-18-17(25-20)10-5-11-21-18/h2-12H,1H3,(H,22,24). The van der Waals surface area contributed by atoms with E-state index in [0.29, 0.717) is 28.4 Å². The number of nitrogens with one attached hydrogen (secondary N) is 1. The van der Waals surface area contributed by atoms with Crippen LogP contribution in [0.2, 0.25) is 0 Å². The number of oxazole rings is 1. The summed E-state index contributed by atoms with van der Waals surface area (Å²) < 4.78 is 5.73. The minimum atomic E-state index is -0.144. The molecule has 0 unspecified atom stereocenters. The summed E-state index contributed by atoms with van der Waals surface area (Å²) in [6.07, 6.45) is 1.67. The summed E-state index contributed by atoms with van der Waals surface area (Å²) in [6.45, 7) is 1.91. The van der Waals surface area contributed by atoms with Gasteiger partial charge in [0.25, 0.3) is 5.91 Å². The van der Waals surface area contributed by atoms with E-state index in [0.717, 1.165) is 11.1 Å². The summed E-state index contributed by atoms with van der Waals surface area (Å²) in [5.74, 6) is 0.329. The van der Waals surface area contributed by atoms with Crippen molar-refractivity contribution in [1.82, 2.24) is 9.97 Å². The van der Waals surface area contributed by atoms with Crippen LogP contribution < -0.4 is 5.32 Å². The third-order valence-electron chi connectivity index (χ3n) is 3.92. The predicted molar refractivity (Wildman–Crippen MR) is 96.4 cm³/mol. The van der Waals surface area contributed by atoms with Crippen LogP contribution in [0.1, 0.15) is 15.9 Å². The van der Waals surface area contributed by atoms with E-state index in [9.17, 15) is 4.79 Å². The SMILES string of the molecule is Cc1ccccc1C(=O)Nc1cccc(-c2nc3ncccc3o2)c1. The van der Waals surface area contributed by atoms with E-state index in [1.165, 1.54) is 0 Å². The average molecular weight is 329 g/mol. The topological polar surface area (TPSA) is 68.0 Å². The number of fused-ring (bicyclic) bond motifs is 1. The van der Waals surface area contributed by atoms with E-state index in [1.54, 1.807) is 18.3 Å². The molecule has 122 valence electrons. The molecular weight excluding hydrogens is 314 g/mol. The summed E-state index contributed by atoms with van der Waals surface area (Å²) in [5, 5.41) is 2.92. The van der Waals surface area contributed by atoms with Crippen molar-refractivity contribution in [3.8, 4) is 11.5 Å². The van der Waals surface area contributed by atoms with Crippen molar-refractivity contribution < 1.29 is 9.21 Å². The fourth-order valence-corrected chi connectivity index (χ4v) is 2.65. The largest absolute Gasteiger partial charge is 0.434 e. The van der Waals surface area contributed by atoms with Crippen molar-refractivity contribution in [2.75, 3.05) is 5.32 Å². The molecule has 0 radical (unpaired) electrons. The molecule has 0 aliphatic rings. The molecule has 0 saturated carbocycles. The van der Waals surface area contributed by atoms with E-state index in [2.05, 4.69) is 15.3 Å². The highest BCUT2D eigenvalue weighted by Gasteiger charge is 2.12. The average Bonchev–Trinajstić information content (AvgIpc) is 3.06. The molecule has 1 amide bonds. The second-order valence-electron chi connectivity index (χ2n) is 5.69. The van der Waals surface area contributed by atoms with E-state index in [4.69, 9.17) is 4.42 Å². The normalized spacial score (nSPS) is 10.8. The van der Waals surface area contributed by atoms with Gasteiger partial charge in [0.15, 0.2) is 11.2 Å². The molecular formula is C20H15N3O2. The Labute approximate surface area is 144 Å². The molecule has 0 spiro atoms. The van der Waals surface area contributed by atoms with Crippen LogP contribution in [0.4, 0.5) is 5.69 Å². The molecule has 4 rings (SSSR count). The highest BCUT2D eigenvalue weighted by Crippen LogP contribution is 2.25. The Hall–Kier alpha value is -3.47. The first kappa shape index (κ1) is 15.1. The van der Waals surface area contributed by atoms with Crippen LogP contribution in [0.15, 0.2) is 71.3 Å². The molecule has 0 fully saturated rings. The number of anilines is 1. The molecule has 4 aromatic rings. The highest BCUT2D eigenvalue weighted by atomic mass is 16.3. The Morgan fingerprint density at radius 3 is 2.76 bits per heavy atom. The maximum Gasteiger partial charge on any atom is 0.255 e. The molecule has 0 bridgehead atoms. The van der Waals surface area contributed by atoms with E-state index >= 15 is 0 Å². The van der Waals surface area contributed by atoms with Gasteiger partial charge in [0.05, 0.1) is 0 Å². The van der Waals surface area contributed by atoms with Gasteiger partial charge < -0.3 is 9.73 Å². The lowest BCUT2D eigenvalue weighted by atomic mass is 10.1. The lowest BCUT2D eigenvalue weighted by Crippen LogP contribution is -2.13. The number of hydrogen-bond acceptors (Lipinski definition) is 4. The second-order valence-corrected chi connectivity index (χ2v) is 5.69. The zero-order valence-electron chi connectivity index (χ0n) is 13.6. The fourth-order valence-electron chi connectivity index (χ4n) is 2.65. The maximum atomic E-state index is 12.5. The second kappa shape index (κ2) is 6.20. The number of carbonyl (C=O) groups excluding carboxylic acids is 1. The van der Waals surface area contributed by atoms with E-state index in [1.807, 2.05) is 55.5 Å². The number of rotatable bonds is 3. The van der Waals surface area contributed by atoms with Crippen LogP contribution in [0, 0.1) is 6.92 Å². The first-order chi connectivity index (χ1) is 12.2. The first-order valence-electron chi connectivity index (χ1n) is 7.90. The van der Waals surface area contributed by atoms with Gasteiger partial charge in [-0.05, 0) is 48.9 Å². The summed E-state index contributed by atoms with van der Waals surface area (Å²) in [7, 11) is 0. The third-order valence-corrected chi connectivity index (χ3v) is 3.92. The minimum Gasteiger partial charge on any atom is -0.434 e. The predicted octanol–water partition coefficient (Wildman–Crippen LogP) is 4.45. The summed E-state index contributed by atoms with van der Waals surface area (Å²) in [5.41, 5.74) is 4.24. The van der Waals surface area contributed by atoms with Gasteiger partial charge in [0, 0.05) is 23.0 Å². The number of hydrogen-bond donors (Lipinski definition) is 1. The Morgan fingerprint density at radius 1 is 1.04 bits per heavy atom. The van der Waals surface area contributed by atoms with Gasteiger partial charge in [-0.3, -0.25) is 4.79 Å². The summed E-state index contributed by atoms with van der Waals surface area (Å²) in [4.78, 5) is 21.0. The van der Waals surface area contributed by atoms with Gasteiger partial charge in [0.2, 0.25) is 5.89 Å². The minimum absolute atomic E-state index is 0.144. The van der Waals surface area contributed by atoms with Crippen LogP contribution in [-0.2, 0) is 0 Å². The number of nitrogens with zero attached hydrogens (tertiary/aromatic N) is 2. The van der Waals surface area contributed by atoms with Crippen molar-refractivity contribution in [3.63, 3.8) is 0 Å². The van der Waals surface area contributed by atoms with Gasteiger partial charge >= 0.3 is 0 Å². The lowest BCUT2D eigenvalue weighted by molar-refractivity contribution is 0.102. The van der Waals surface area contributed by atoms with Crippen LogP contribution in [-0.4, -0.2) is 15.9 Å². The van der Waals surface area contributed by atoms with E-state index < -0.39 is 0 Å². The van der Waals surface area contributed by atoms with Gasteiger partial charge in [-0.15, -0.1) is 0 Å². The molecule has 2 aromatic carbocycles. The molecule has 25 heavy (non-hydrogen) atoms. The molecule has 0 atom stereocenters. The number of benzene rings is 2. The molecule has 1 N–H and O–H groups in total. The number of amides is 1. The zero-order valence-corrected chi connectivity index (χ0v) is 13.6. The maximum absolute atomic E-state index is 12.5. The van der Waals surface area contributed by atoms with Gasteiger partial charge in [-0.1, -0.05) is 24.3 Å². The van der Waals surface area contributed by atoms with Crippen LogP contribution >= 0.6 is 0 Å². The smallest absolute Gasteiger partial charge is 0.255 e. The van der Waals surface area contributed by atoms with E-state index in [-0.39, 0.29) is 5.91 Å². The molecule has 0 saturated heterocycles. The lowest BCUT2D eigenvalue weighted by Gasteiger charge is -2.08. The summed E-state index contributed by atoms with van der Waals surface area (Å²) >= 11 is 0. The van der Waals surface area contributed by atoms with Crippen molar-refractivity contribution in [3.05, 3.63) is 78.0 Å². The molecule has 5 heteroatoms. The number of carbonyl (C=O) groups is 1. The first-order valence-corrected chi connectivity index (χ1v) is 7.90. The molecule has 0 aliphatic heterocycles. The van der Waals surface area contributed by atoms with Gasteiger partial charge in [-0.2, -0.15) is 4.98 Å². The monoisotopic (exact) mass is 329 g/mol. The van der Waals surface area contributed by atoms with Crippen LogP contribution in [0.3, 0.4) is 0 Å². The number of pyridine rings is 1. The quantitative estimate of drug-likeness (QED) is 0.603. The molecule has 5 nitrogen and oxygen atoms in total.